The fraction of sp³-hybridized carbons (Fsp3) is 0.867. The van der Waals surface area contributed by atoms with Crippen molar-refractivity contribution in [1.82, 2.24) is 10.2 Å². The first kappa shape index (κ1) is 15.3. The van der Waals surface area contributed by atoms with E-state index in [2.05, 4.69) is 5.32 Å². The van der Waals surface area contributed by atoms with E-state index in [0.29, 0.717) is 13.1 Å². The summed E-state index contributed by atoms with van der Waals surface area (Å²) < 4.78 is 0. The highest BCUT2D eigenvalue weighted by Crippen LogP contribution is 2.37. The van der Waals surface area contributed by atoms with Crippen LogP contribution >= 0.6 is 0 Å². The SMILES string of the molecule is CNC(=O)C1CCCN1C(=O)C1(CN)CCCCCC1. The lowest BCUT2D eigenvalue weighted by molar-refractivity contribution is -0.147. The lowest BCUT2D eigenvalue weighted by Gasteiger charge is -2.36. The van der Waals surface area contributed by atoms with E-state index in [4.69, 9.17) is 5.73 Å². The quantitative estimate of drug-likeness (QED) is 0.758. The lowest BCUT2D eigenvalue weighted by atomic mass is 9.79. The Labute approximate surface area is 121 Å². The Morgan fingerprint density at radius 3 is 2.40 bits per heavy atom. The maximum absolute atomic E-state index is 13.0. The average molecular weight is 281 g/mol. The second-order valence-corrected chi connectivity index (χ2v) is 6.17. The predicted molar refractivity (Wildman–Crippen MR) is 78.0 cm³/mol. The Morgan fingerprint density at radius 2 is 1.85 bits per heavy atom. The molecule has 1 aliphatic heterocycles. The molecule has 1 atom stereocenters. The zero-order valence-corrected chi connectivity index (χ0v) is 12.5. The van der Waals surface area contributed by atoms with Gasteiger partial charge in [0.15, 0.2) is 0 Å². The molecule has 0 bridgehead atoms. The Balaban J connectivity index is 2.16. The smallest absolute Gasteiger partial charge is 0.242 e. The number of amides is 2. The van der Waals surface area contributed by atoms with Crippen LogP contribution in [-0.4, -0.2) is 42.9 Å². The van der Waals surface area contributed by atoms with Crippen LogP contribution in [0.25, 0.3) is 0 Å². The van der Waals surface area contributed by atoms with Crippen molar-refractivity contribution in [2.24, 2.45) is 11.1 Å². The van der Waals surface area contributed by atoms with Crippen LogP contribution in [0.1, 0.15) is 51.4 Å². The number of nitrogens with zero attached hydrogens (tertiary/aromatic N) is 1. The third-order valence-electron chi connectivity index (χ3n) is 4.97. The summed E-state index contributed by atoms with van der Waals surface area (Å²) in [5.41, 5.74) is 5.56. The van der Waals surface area contributed by atoms with Gasteiger partial charge in [0, 0.05) is 20.1 Å². The van der Waals surface area contributed by atoms with Gasteiger partial charge in [0.25, 0.3) is 0 Å². The van der Waals surface area contributed by atoms with E-state index in [9.17, 15) is 9.59 Å². The van der Waals surface area contributed by atoms with Crippen molar-refractivity contribution in [3.8, 4) is 0 Å². The molecule has 114 valence electrons. The third kappa shape index (κ3) is 2.82. The molecule has 0 aromatic rings. The molecule has 2 amide bonds. The minimum atomic E-state index is -0.424. The van der Waals surface area contributed by atoms with E-state index in [1.807, 2.05) is 0 Å². The third-order valence-corrected chi connectivity index (χ3v) is 4.97. The average Bonchev–Trinajstić information content (AvgIpc) is 2.83. The van der Waals surface area contributed by atoms with Crippen LogP contribution in [0, 0.1) is 5.41 Å². The van der Waals surface area contributed by atoms with Gasteiger partial charge in [-0.2, -0.15) is 0 Å². The minimum Gasteiger partial charge on any atom is -0.357 e. The molecule has 1 unspecified atom stereocenters. The predicted octanol–water partition coefficient (Wildman–Crippen LogP) is 1.02. The highest BCUT2D eigenvalue weighted by atomic mass is 16.2. The molecule has 20 heavy (non-hydrogen) atoms. The number of carbonyl (C=O) groups excluding carboxylic acids is 2. The highest BCUT2D eigenvalue weighted by Gasteiger charge is 2.44. The van der Waals surface area contributed by atoms with Gasteiger partial charge in [0.1, 0.15) is 6.04 Å². The molecular formula is C15H27N3O2. The van der Waals surface area contributed by atoms with Crippen LogP contribution in [0.15, 0.2) is 0 Å². The van der Waals surface area contributed by atoms with Crippen molar-refractivity contribution >= 4 is 11.8 Å². The van der Waals surface area contributed by atoms with E-state index in [1.165, 1.54) is 12.8 Å². The fourth-order valence-electron chi connectivity index (χ4n) is 3.66. The van der Waals surface area contributed by atoms with Gasteiger partial charge in [-0.1, -0.05) is 25.7 Å². The molecule has 2 rings (SSSR count). The van der Waals surface area contributed by atoms with Crippen LogP contribution < -0.4 is 11.1 Å². The van der Waals surface area contributed by atoms with Crippen LogP contribution in [-0.2, 0) is 9.59 Å². The van der Waals surface area contributed by atoms with Crippen molar-refractivity contribution < 1.29 is 9.59 Å². The molecule has 0 aromatic carbocycles. The summed E-state index contributed by atoms with van der Waals surface area (Å²) in [4.78, 5) is 26.7. The van der Waals surface area contributed by atoms with Crippen molar-refractivity contribution in [2.75, 3.05) is 20.1 Å². The molecule has 1 heterocycles. The van der Waals surface area contributed by atoms with E-state index in [1.54, 1.807) is 11.9 Å². The van der Waals surface area contributed by atoms with Gasteiger partial charge in [0.05, 0.1) is 5.41 Å². The normalized spacial score (nSPS) is 26.1. The number of hydrogen-bond donors (Lipinski definition) is 2. The summed E-state index contributed by atoms with van der Waals surface area (Å²) in [5.74, 6) is 0.0737. The van der Waals surface area contributed by atoms with Gasteiger partial charge in [-0.05, 0) is 25.7 Å². The summed E-state index contributed by atoms with van der Waals surface area (Å²) in [6, 6.07) is -0.292. The number of likely N-dealkylation sites (tertiary alicyclic amines) is 1. The van der Waals surface area contributed by atoms with Crippen LogP contribution in [0.3, 0.4) is 0 Å². The zero-order chi connectivity index (χ0) is 14.6. The molecule has 2 aliphatic rings. The zero-order valence-electron chi connectivity index (χ0n) is 12.5. The first-order valence-corrected chi connectivity index (χ1v) is 7.87. The lowest BCUT2D eigenvalue weighted by Crippen LogP contribution is -2.53. The molecule has 3 N–H and O–H groups in total. The van der Waals surface area contributed by atoms with Gasteiger partial charge < -0.3 is 16.0 Å². The van der Waals surface area contributed by atoms with Gasteiger partial charge in [-0.25, -0.2) is 0 Å². The van der Waals surface area contributed by atoms with Crippen molar-refractivity contribution in [1.29, 1.82) is 0 Å². The summed E-state index contributed by atoms with van der Waals surface area (Å²) in [6.07, 6.45) is 7.94. The standard InChI is InChI=1S/C15H27N3O2/c1-17-13(19)12-7-6-10-18(12)14(20)15(11-16)8-4-2-3-5-9-15/h12H,2-11,16H2,1H3,(H,17,19). The molecular weight excluding hydrogens is 254 g/mol. The first-order valence-electron chi connectivity index (χ1n) is 7.87. The molecule has 5 heteroatoms. The maximum atomic E-state index is 13.0. The van der Waals surface area contributed by atoms with E-state index in [0.717, 1.165) is 38.5 Å². The molecule has 5 nitrogen and oxygen atoms in total. The van der Waals surface area contributed by atoms with E-state index in [-0.39, 0.29) is 17.9 Å². The number of nitrogens with one attached hydrogen (secondary N) is 1. The second kappa shape index (κ2) is 6.57. The van der Waals surface area contributed by atoms with Crippen molar-refractivity contribution in [3.63, 3.8) is 0 Å². The fourth-order valence-corrected chi connectivity index (χ4v) is 3.66. The molecule has 0 radical (unpaired) electrons. The molecule has 0 spiro atoms. The van der Waals surface area contributed by atoms with Crippen molar-refractivity contribution in [3.05, 3.63) is 0 Å². The summed E-state index contributed by atoms with van der Waals surface area (Å²) in [6.45, 7) is 1.10. The molecule has 1 saturated heterocycles. The Morgan fingerprint density at radius 1 is 1.20 bits per heavy atom. The molecule has 2 fully saturated rings. The van der Waals surface area contributed by atoms with Gasteiger partial charge in [0.2, 0.25) is 11.8 Å². The first-order chi connectivity index (χ1) is 9.64. The molecule has 1 aliphatic carbocycles. The van der Waals surface area contributed by atoms with Gasteiger partial charge in [-0.15, -0.1) is 0 Å². The van der Waals surface area contributed by atoms with Crippen LogP contribution in [0.5, 0.6) is 0 Å². The van der Waals surface area contributed by atoms with Gasteiger partial charge >= 0.3 is 0 Å². The topological polar surface area (TPSA) is 75.4 Å². The van der Waals surface area contributed by atoms with E-state index < -0.39 is 5.41 Å². The summed E-state index contributed by atoms with van der Waals surface area (Å²) in [7, 11) is 1.63. The Kier molecular flexibility index (Phi) is 5.02. The second-order valence-electron chi connectivity index (χ2n) is 6.17. The number of carbonyl (C=O) groups is 2. The van der Waals surface area contributed by atoms with Gasteiger partial charge in [-0.3, -0.25) is 9.59 Å². The van der Waals surface area contributed by atoms with Crippen molar-refractivity contribution in [2.45, 2.75) is 57.4 Å². The molecule has 1 saturated carbocycles. The number of rotatable bonds is 3. The maximum Gasteiger partial charge on any atom is 0.242 e. The number of likely N-dealkylation sites (N-methyl/N-ethyl adjacent to an activating group) is 1. The largest absolute Gasteiger partial charge is 0.357 e. The summed E-state index contributed by atoms with van der Waals surface area (Å²) in [5, 5.41) is 2.67. The minimum absolute atomic E-state index is 0.0448. The number of hydrogen-bond acceptors (Lipinski definition) is 3. The van der Waals surface area contributed by atoms with E-state index >= 15 is 0 Å². The Bertz CT molecular complexity index is 362. The molecule has 0 aromatic heterocycles. The van der Waals surface area contributed by atoms with Crippen LogP contribution in [0.4, 0.5) is 0 Å². The van der Waals surface area contributed by atoms with Crippen LogP contribution in [0.2, 0.25) is 0 Å². The Hall–Kier alpha value is -1.10. The summed E-state index contributed by atoms with van der Waals surface area (Å²) >= 11 is 0. The highest BCUT2D eigenvalue weighted by molar-refractivity contribution is 5.90. The number of nitrogens with two attached hydrogens (primary N) is 1. The monoisotopic (exact) mass is 281 g/mol.